The van der Waals surface area contributed by atoms with E-state index in [1.807, 2.05) is 0 Å². The smallest absolute Gasteiger partial charge is 0.419 e. The van der Waals surface area contributed by atoms with E-state index in [0.717, 1.165) is 38.2 Å². The van der Waals surface area contributed by atoms with Crippen LogP contribution in [0.2, 0.25) is 0 Å². The molecular weight excluding hydrogens is 439 g/mol. The molecule has 1 saturated heterocycles. The maximum absolute atomic E-state index is 13.7. The van der Waals surface area contributed by atoms with Gasteiger partial charge < -0.3 is 25.0 Å². The van der Waals surface area contributed by atoms with Crippen LogP contribution in [0.5, 0.6) is 5.75 Å². The second-order valence-electron chi connectivity index (χ2n) is 8.22. The number of likely N-dealkylation sites (tertiary alicyclic amines) is 1. The quantitative estimate of drug-likeness (QED) is 0.266. The van der Waals surface area contributed by atoms with Gasteiger partial charge in [-0.15, -0.1) is 0 Å². The van der Waals surface area contributed by atoms with E-state index >= 15 is 0 Å². The van der Waals surface area contributed by atoms with Crippen molar-refractivity contribution in [2.45, 2.75) is 70.2 Å². The first-order valence-corrected chi connectivity index (χ1v) is 11.2. The molecule has 4 N–H and O–H groups in total. The SMILES string of the molecule is CCCCCCCCOc1ccc(-c2noc([C@@H]3C[C@@H](O)CN3C(=N)N)n2)cc1C(F)(F)F. The zero-order chi connectivity index (χ0) is 24.0. The van der Waals surface area contributed by atoms with Crippen molar-refractivity contribution in [1.29, 1.82) is 5.41 Å². The van der Waals surface area contributed by atoms with Crippen molar-refractivity contribution in [3.05, 3.63) is 29.7 Å². The molecule has 33 heavy (non-hydrogen) atoms. The third kappa shape index (κ3) is 6.37. The first kappa shape index (κ1) is 24.8. The van der Waals surface area contributed by atoms with E-state index < -0.39 is 23.9 Å². The number of unbranched alkanes of at least 4 members (excludes halogenated alkanes) is 5. The molecule has 2 atom stereocenters. The Labute approximate surface area is 190 Å². The molecule has 1 aromatic carbocycles. The number of hydrogen-bond donors (Lipinski definition) is 3. The van der Waals surface area contributed by atoms with Gasteiger partial charge in [-0.3, -0.25) is 5.41 Å². The molecule has 0 spiro atoms. The summed E-state index contributed by atoms with van der Waals surface area (Å²) in [6.45, 7) is 2.48. The molecule has 8 nitrogen and oxygen atoms in total. The highest BCUT2D eigenvalue weighted by molar-refractivity contribution is 5.75. The van der Waals surface area contributed by atoms with Gasteiger partial charge in [0.05, 0.1) is 18.3 Å². The molecule has 1 aromatic heterocycles. The van der Waals surface area contributed by atoms with Gasteiger partial charge >= 0.3 is 6.18 Å². The number of nitrogens with one attached hydrogen (secondary N) is 1. The van der Waals surface area contributed by atoms with Crippen molar-refractivity contribution >= 4 is 5.96 Å². The summed E-state index contributed by atoms with van der Waals surface area (Å²) in [6, 6.07) is 3.05. The number of benzene rings is 1. The maximum atomic E-state index is 13.7. The van der Waals surface area contributed by atoms with E-state index in [4.69, 9.17) is 20.4 Å². The molecule has 0 unspecified atom stereocenters. The number of halogens is 3. The average molecular weight is 470 g/mol. The first-order chi connectivity index (χ1) is 15.7. The topological polar surface area (TPSA) is 121 Å². The van der Waals surface area contributed by atoms with Gasteiger partial charge in [0, 0.05) is 18.5 Å². The number of aromatic nitrogens is 2. The predicted molar refractivity (Wildman–Crippen MR) is 116 cm³/mol. The van der Waals surface area contributed by atoms with Crippen molar-refractivity contribution < 1.29 is 27.5 Å². The number of ether oxygens (including phenoxy) is 1. The number of alkyl halides is 3. The normalized spacial score (nSPS) is 18.6. The fraction of sp³-hybridized carbons (Fsp3) is 0.591. The monoisotopic (exact) mass is 469 g/mol. The van der Waals surface area contributed by atoms with Crippen LogP contribution in [0, 0.1) is 5.41 Å². The van der Waals surface area contributed by atoms with E-state index in [-0.39, 0.29) is 48.6 Å². The lowest BCUT2D eigenvalue weighted by Gasteiger charge is -2.20. The van der Waals surface area contributed by atoms with E-state index in [2.05, 4.69) is 17.1 Å². The lowest BCUT2D eigenvalue weighted by Crippen LogP contribution is -2.36. The summed E-state index contributed by atoms with van der Waals surface area (Å²) in [7, 11) is 0. The number of aliphatic hydroxyl groups excluding tert-OH is 1. The van der Waals surface area contributed by atoms with Crippen LogP contribution in [0.25, 0.3) is 11.4 Å². The van der Waals surface area contributed by atoms with Gasteiger partial charge in [-0.1, -0.05) is 44.2 Å². The third-order valence-corrected chi connectivity index (χ3v) is 5.61. The van der Waals surface area contributed by atoms with Gasteiger partial charge in [0.25, 0.3) is 0 Å². The second-order valence-corrected chi connectivity index (χ2v) is 8.22. The number of nitrogens with zero attached hydrogens (tertiary/aromatic N) is 3. The number of guanidine groups is 1. The van der Waals surface area contributed by atoms with E-state index in [1.54, 1.807) is 0 Å². The molecule has 0 amide bonds. The minimum absolute atomic E-state index is 0.0251. The number of β-amino-alcohol motifs (C(OH)–C–C–N with tert-alkyl or cyclic N) is 1. The minimum atomic E-state index is -4.61. The number of hydrogen-bond acceptors (Lipinski definition) is 6. The largest absolute Gasteiger partial charge is 0.493 e. The molecule has 11 heteroatoms. The molecular formula is C22H30F3N5O3. The highest BCUT2D eigenvalue weighted by Crippen LogP contribution is 2.39. The van der Waals surface area contributed by atoms with Crippen molar-refractivity contribution in [3.63, 3.8) is 0 Å². The number of nitrogens with two attached hydrogens (primary N) is 1. The van der Waals surface area contributed by atoms with Crippen LogP contribution < -0.4 is 10.5 Å². The van der Waals surface area contributed by atoms with Gasteiger partial charge in [-0.2, -0.15) is 18.2 Å². The van der Waals surface area contributed by atoms with Crippen molar-refractivity contribution in [2.75, 3.05) is 13.2 Å². The van der Waals surface area contributed by atoms with Crippen molar-refractivity contribution in [2.24, 2.45) is 5.73 Å². The van der Waals surface area contributed by atoms with Gasteiger partial charge in [0.1, 0.15) is 11.8 Å². The first-order valence-electron chi connectivity index (χ1n) is 11.2. The summed E-state index contributed by atoms with van der Waals surface area (Å²) in [6.07, 6.45) is 0.949. The Bertz CT molecular complexity index is 934. The lowest BCUT2D eigenvalue weighted by molar-refractivity contribution is -0.138. The van der Waals surface area contributed by atoms with E-state index in [1.165, 1.54) is 17.0 Å². The lowest BCUT2D eigenvalue weighted by atomic mass is 10.1. The van der Waals surface area contributed by atoms with Crippen LogP contribution in [0.1, 0.15) is 69.4 Å². The Hall–Kier alpha value is -2.82. The summed E-state index contributed by atoms with van der Waals surface area (Å²) < 4.78 is 51.7. The fourth-order valence-corrected chi connectivity index (χ4v) is 3.88. The molecule has 0 aliphatic carbocycles. The van der Waals surface area contributed by atoms with Crippen LogP contribution in [0.15, 0.2) is 22.7 Å². The van der Waals surface area contributed by atoms with Gasteiger partial charge in [-0.25, -0.2) is 0 Å². The van der Waals surface area contributed by atoms with Crippen LogP contribution in [0.4, 0.5) is 13.2 Å². The molecule has 3 rings (SSSR count). The maximum Gasteiger partial charge on any atom is 0.419 e. The Balaban J connectivity index is 1.72. The molecule has 182 valence electrons. The number of aliphatic hydroxyl groups is 1. The molecule has 2 aromatic rings. The highest BCUT2D eigenvalue weighted by Gasteiger charge is 2.38. The van der Waals surface area contributed by atoms with Gasteiger partial charge in [0.2, 0.25) is 11.7 Å². The minimum Gasteiger partial charge on any atom is -0.493 e. The number of rotatable bonds is 10. The Kier molecular flexibility index (Phi) is 8.17. The molecule has 1 fully saturated rings. The highest BCUT2D eigenvalue weighted by atomic mass is 19.4. The fourth-order valence-electron chi connectivity index (χ4n) is 3.88. The molecule has 2 heterocycles. The Morgan fingerprint density at radius 1 is 1.27 bits per heavy atom. The summed E-state index contributed by atoms with van der Waals surface area (Å²) >= 11 is 0. The predicted octanol–water partition coefficient (Wildman–Crippen LogP) is 4.50. The van der Waals surface area contributed by atoms with Crippen LogP contribution >= 0.6 is 0 Å². The standard InChI is InChI=1S/C22H30F3N5O3/c1-2-3-4-5-6-7-10-32-18-9-8-14(11-16(18)22(23,24)25)19-28-20(33-29-19)17-12-15(31)13-30(17)21(26)27/h8-9,11,15,17,31H,2-7,10,12-13H2,1H3,(H3,26,27)/t15-,17+/m1/s1. The summed E-state index contributed by atoms with van der Waals surface area (Å²) in [5.74, 6) is -0.440. The summed E-state index contributed by atoms with van der Waals surface area (Å²) in [5.41, 5.74) is 4.76. The average Bonchev–Trinajstić information content (AvgIpc) is 3.39. The third-order valence-electron chi connectivity index (χ3n) is 5.61. The van der Waals surface area contributed by atoms with Crippen LogP contribution in [-0.4, -0.2) is 45.4 Å². The van der Waals surface area contributed by atoms with E-state index in [9.17, 15) is 18.3 Å². The Morgan fingerprint density at radius 2 is 2.00 bits per heavy atom. The Morgan fingerprint density at radius 3 is 2.70 bits per heavy atom. The summed E-state index contributed by atoms with van der Waals surface area (Å²) in [5, 5.41) is 21.3. The molecule has 0 saturated carbocycles. The van der Waals surface area contributed by atoms with E-state index in [0.29, 0.717) is 6.42 Å². The van der Waals surface area contributed by atoms with Gasteiger partial charge in [0.15, 0.2) is 5.96 Å². The molecule has 1 aliphatic heterocycles. The molecule has 1 aliphatic rings. The van der Waals surface area contributed by atoms with Crippen LogP contribution in [-0.2, 0) is 6.18 Å². The van der Waals surface area contributed by atoms with Crippen LogP contribution in [0.3, 0.4) is 0 Å². The van der Waals surface area contributed by atoms with Gasteiger partial charge in [-0.05, 0) is 24.6 Å². The van der Waals surface area contributed by atoms with Crippen molar-refractivity contribution in [1.82, 2.24) is 15.0 Å². The second kappa shape index (κ2) is 10.9. The van der Waals surface area contributed by atoms with Crippen molar-refractivity contribution in [3.8, 4) is 17.1 Å². The zero-order valence-electron chi connectivity index (χ0n) is 18.6. The molecule has 0 bridgehead atoms. The zero-order valence-corrected chi connectivity index (χ0v) is 18.6. The summed E-state index contributed by atoms with van der Waals surface area (Å²) in [4.78, 5) is 5.61. The molecule has 0 radical (unpaired) electrons.